The standard InChI is InChI=1S/C27H34N4O6S/c1-4-37-21-11-12-26(20(14-21)8-7-13-28-19(3)32)38(35,36)30-16-18(2)25(17-30)31-24-10-6-5-9-22(24)23(29-31)15-27(33)34/h5-6,9-12,14,18,25H,4,7-8,13,15-17H2,1-3H3,(H,28,32)(H,33,34)/t18-,25+/m1/s1. The van der Waals surface area contributed by atoms with Gasteiger partial charge in [0.25, 0.3) is 0 Å². The Hall–Kier alpha value is -3.44. The molecule has 1 fully saturated rings. The molecule has 10 nitrogen and oxygen atoms in total. The fourth-order valence-corrected chi connectivity index (χ4v) is 6.83. The normalized spacial score (nSPS) is 18.1. The molecule has 0 saturated carbocycles. The van der Waals surface area contributed by atoms with Crippen LogP contribution in [0.3, 0.4) is 0 Å². The van der Waals surface area contributed by atoms with Crippen LogP contribution in [0, 0.1) is 5.92 Å². The largest absolute Gasteiger partial charge is 0.494 e. The lowest BCUT2D eigenvalue weighted by molar-refractivity contribution is -0.136. The number of nitrogens with one attached hydrogen (secondary N) is 1. The van der Waals surface area contributed by atoms with Gasteiger partial charge in [0, 0.05) is 31.9 Å². The summed E-state index contributed by atoms with van der Waals surface area (Å²) in [6.07, 6.45) is 0.845. The topological polar surface area (TPSA) is 131 Å². The zero-order valence-electron chi connectivity index (χ0n) is 21.9. The first kappa shape index (κ1) is 27.6. The minimum Gasteiger partial charge on any atom is -0.494 e. The van der Waals surface area contributed by atoms with Crippen molar-refractivity contribution in [2.24, 2.45) is 5.92 Å². The van der Waals surface area contributed by atoms with Crippen molar-refractivity contribution >= 4 is 32.8 Å². The summed E-state index contributed by atoms with van der Waals surface area (Å²) < 4.78 is 36.7. The summed E-state index contributed by atoms with van der Waals surface area (Å²) in [6, 6.07) is 12.2. The second-order valence-electron chi connectivity index (χ2n) is 9.63. The highest BCUT2D eigenvalue weighted by Crippen LogP contribution is 2.36. The number of rotatable bonds is 11. The van der Waals surface area contributed by atoms with E-state index in [1.54, 1.807) is 22.9 Å². The molecule has 1 saturated heterocycles. The van der Waals surface area contributed by atoms with E-state index in [9.17, 15) is 23.1 Å². The molecule has 3 aromatic rings. The smallest absolute Gasteiger partial charge is 0.309 e. The summed E-state index contributed by atoms with van der Waals surface area (Å²) in [5.41, 5.74) is 1.90. The van der Waals surface area contributed by atoms with E-state index in [-0.39, 0.29) is 35.7 Å². The Labute approximate surface area is 222 Å². The van der Waals surface area contributed by atoms with Crippen LogP contribution in [0.1, 0.15) is 44.5 Å². The second kappa shape index (κ2) is 11.5. The minimum absolute atomic E-state index is 0.0447. The zero-order chi connectivity index (χ0) is 27.4. The average Bonchev–Trinajstić information content (AvgIpc) is 3.42. The van der Waals surface area contributed by atoms with Crippen LogP contribution >= 0.6 is 0 Å². The van der Waals surface area contributed by atoms with E-state index in [4.69, 9.17) is 4.74 Å². The van der Waals surface area contributed by atoms with Crippen LogP contribution < -0.4 is 10.1 Å². The van der Waals surface area contributed by atoms with E-state index in [0.29, 0.717) is 49.5 Å². The molecular weight excluding hydrogens is 508 g/mol. The molecule has 1 aromatic heterocycles. The van der Waals surface area contributed by atoms with Gasteiger partial charge in [-0.3, -0.25) is 14.3 Å². The summed E-state index contributed by atoms with van der Waals surface area (Å²) in [6.45, 7) is 6.75. The maximum atomic E-state index is 13.9. The number of ether oxygens (including phenoxy) is 1. The molecule has 1 amide bonds. The predicted molar refractivity (Wildman–Crippen MR) is 143 cm³/mol. The number of fused-ring (bicyclic) bond motifs is 1. The third-order valence-corrected chi connectivity index (χ3v) is 8.75. The molecule has 0 unspecified atom stereocenters. The molecule has 1 aliphatic heterocycles. The Morgan fingerprint density at radius 3 is 2.66 bits per heavy atom. The van der Waals surface area contributed by atoms with Crippen molar-refractivity contribution in [2.45, 2.75) is 51.0 Å². The van der Waals surface area contributed by atoms with E-state index < -0.39 is 16.0 Å². The monoisotopic (exact) mass is 542 g/mol. The lowest BCUT2D eigenvalue weighted by Gasteiger charge is -2.20. The summed E-state index contributed by atoms with van der Waals surface area (Å²) in [5, 5.41) is 17.5. The molecule has 2 N–H and O–H groups in total. The Morgan fingerprint density at radius 1 is 1.18 bits per heavy atom. The number of sulfonamides is 1. The maximum absolute atomic E-state index is 13.9. The van der Waals surface area contributed by atoms with Crippen molar-refractivity contribution in [2.75, 3.05) is 26.2 Å². The Kier molecular flexibility index (Phi) is 8.37. The van der Waals surface area contributed by atoms with Gasteiger partial charge in [0.15, 0.2) is 0 Å². The van der Waals surface area contributed by atoms with Crippen LogP contribution in [0.15, 0.2) is 47.4 Å². The van der Waals surface area contributed by atoms with Crippen LogP contribution in [0.4, 0.5) is 0 Å². The molecule has 11 heteroatoms. The second-order valence-corrected chi connectivity index (χ2v) is 11.5. The van der Waals surface area contributed by atoms with Crippen molar-refractivity contribution in [1.29, 1.82) is 0 Å². The van der Waals surface area contributed by atoms with Crippen molar-refractivity contribution in [3.63, 3.8) is 0 Å². The molecule has 2 aromatic carbocycles. The van der Waals surface area contributed by atoms with Crippen LogP contribution in [0.25, 0.3) is 10.9 Å². The summed E-state index contributed by atoms with van der Waals surface area (Å²) in [4.78, 5) is 22.9. The number of nitrogens with zero attached hydrogens (tertiary/aromatic N) is 3. The number of carbonyl (C=O) groups is 2. The molecular formula is C27H34N4O6S. The van der Waals surface area contributed by atoms with Gasteiger partial charge >= 0.3 is 5.97 Å². The Balaban J connectivity index is 1.63. The fourth-order valence-electron chi connectivity index (χ4n) is 5.04. The molecule has 0 aliphatic carbocycles. The van der Waals surface area contributed by atoms with Gasteiger partial charge in [-0.2, -0.15) is 9.40 Å². The number of aromatic nitrogens is 2. The van der Waals surface area contributed by atoms with Gasteiger partial charge in [0.2, 0.25) is 15.9 Å². The van der Waals surface area contributed by atoms with Crippen molar-refractivity contribution in [3.05, 3.63) is 53.7 Å². The summed E-state index contributed by atoms with van der Waals surface area (Å²) in [5.74, 6) is -0.541. The fraction of sp³-hybridized carbons (Fsp3) is 0.444. The highest BCUT2D eigenvalue weighted by molar-refractivity contribution is 7.89. The number of hydrogen-bond acceptors (Lipinski definition) is 6. The first-order chi connectivity index (χ1) is 18.1. The molecule has 0 spiro atoms. The molecule has 2 heterocycles. The van der Waals surface area contributed by atoms with Gasteiger partial charge in [-0.1, -0.05) is 25.1 Å². The third kappa shape index (κ3) is 5.83. The molecule has 0 radical (unpaired) electrons. The number of aliphatic carboxylic acids is 1. The van der Waals surface area contributed by atoms with E-state index in [2.05, 4.69) is 10.4 Å². The number of hydrogen-bond donors (Lipinski definition) is 2. The Morgan fingerprint density at radius 2 is 1.95 bits per heavy atom. The number of benzene rings is 2. The van der Waals surface area contributed by atoms with Gasteiger partial charge in [-0.25, -0.2) is 8.42 Å². The van der Waals surface area contributed by atoms with Crippen LogP contribution in [0.2, 0.25) is 0 Å². The van der Waals surface area contributed by atoms with Crippen molar-refractivity contribution in [3.8, 4) is 5.75 Å². The lowest BCUT2D eigenvalue weighted by atomic mass is 10.1. The van der Waals surface area contributed by atoms with Gasteiger partial charge in [0.05, 0.1) is 35.2 Å². The Bertz CT molecular complexity index is 1430. The highest BCUT2D eigenvalue weighted by atomic mass is 32.2. The predicted octanol–water partition coefficient (Wildman–Crippen LogP) is 3.01. The van der Waals surface area contributed by atoms with E-state index in [1.807, 2.05) is 38.1 Å². The van der Waals surface area contributed by atoms with Gasteiger partial charge in [0.1, 0.15) is 5.75 Å². The highest BCUT2D eigenvalue weighted by Gasteiger charge is 2.40. The number of carboxylic acids is 1. The minimum atomic E-state index is -3.84. The first-order valence-electron chi connectivity index (χ1n) is 12.8. The lowest BCUT2D eigenvalue weighted by Crippen LogP contribution is -2.30. The van der Waals surface area contributed by atoms with E-state index in [1.165, 1.54) is 11.2 Å². The summed E-state index contributed by atoms with van der Waals surface area (Å²) >= 11 is 0. The quantitative estimate of drug-likeness (QED) is 0.356. The zero-order valence-corrected chi connectivity index (χ0v) is 22.7. The maximum Gasteiger partial charge on any atom is 0.309 e. The molecule has 0 bridgehead atoms. The van der Waals surface area contributed by atoms with Crippen LogP contribution in [-0.4, -0.2) is 65.7 Å². The van der Waals surface area contributed by atoms with Gasteiger partial charge in [-0.15, -0.1) is 0 Å². The van der Waals surface area contributed by atoms with E-state index >= 15 is 0 Å². The number of amides is 1. The first-order valence-corrected chi connectivity index (χ1v) is 14.2. The number of carboxylic acid groups (broad SMARTS) is 1. The number of aryl methyl sites for hydroxylation is 1. The SMILES string of the molecule is CCOc1ccc(S(=O)(=O)N2C[C@@H](C)[C@@H](n3nc(CC(=O)O)c4ccccc43)C2)c(CCCNC(C)=O)c1. The van der Waals surface area contributed by atoms with E-state index in [0.717, 1.165) is 10.9 Å². The summed E-state index contributed by atoms with van der Waals surface area (Å²) in [7, 11) is -3.84. The molecule has 38 heavy (non-hydrogen) atoms. The molecule has 4 rings (SSSR count). The van der Waals surface area contributed by atoms with Crippen LogP contribution in [0.5, 0.6) is 5.75 Å². The van der Waals surface area contributed by atoms with Gasteiger partial charge in [-0.05, 0) is 55.5 Å². The molecule has 2 atom stereocenters. The third-order valence-electron chi connectivity index (χ3n) is 6.82. The van der Waals surface area contributed by atoms with Crippen LogP contribution in [-0.2, 0) is 32.5 Å². The molecule has 204 valence electrons. The molecule has 1 aliphatic rings. The number of para-hydroxylation sites is 1. The van der Waals surface area contributed by atoms with Crippen molar-refractivity contribution < 1.29 is 27.9 Å². The van der Waals surface area contributed by atoms with Crippen molar-refractivity contribution in [1.82, 2.24) is 19.4 Å². The average molecular weight is 543 g/mol. The number of carbonyl (C=O) groups excluding carboxylic acids is 1. The van der Waals surface area contributed by atoms with Gasteiger partial charge < -0.3 is 15.2 Å².